The second-order valence-electron chi connectivity index (χ2n) is 5.16. The summed E-state index contributed by atoms with van der Waals surface area (Å²) in [6.07, 6.45) is 1.50. The SMILES string of the molecule is CCOc1cc2ncnc(Nc3ccc(Cl)c(Cl)c3)c2cc1OCC. The molecule has 0 radical (unpaired) electrons. The third kappa shape index (κ3) is 3.89. The molecule has 0 fully saturated rings. The Labute approximate surface area is 155 Å². The average Bonchev–Trinajstić information content (AvgIpc) is 2.60. The van der Waals surface area contributed by atoms with Crippen molar-refractivity contribution in [2.45, 2.75) is 13.8 Å². The molecule has 3 rings (SSSR count). The third-order valence-corrected chi connectivity index (χ3v) is 4.22. The number of halogens is 2. The molecule has 0 spiro atoms. The quantitative estimate of drug-likeness (QED) is 0.616. The first-order chi connectivity index (χ1) is 12.1. The number of aromatic nitrogens is 2. The van der Waals surface area contributed by atoms with Gasteiger partial charge >= 0.3 is 0 Å². The summed E-state index contributed by atoms with van der Waals surface area (Å²) in [6.45, 7) is 4.94. The number of ether oxygens (including phenoxy) is 2. The topological polar surface area (TPSA) is 56.3 Å². The first-order valence-corrected chi connectivity index (χ1v) is 8.64. The van der Waals surface area contributed by atoms with Crippen LogP contribution in [0.4, 0.5) is 11.5 Å². The van der Waals surface area contributed by atoms with Crippen LogP contribution in [0.2, 0.25) is 10.0 Å². The van der Waals surface area contributed by atoms with Gasteiger partial charge in [-0.1, -0.05) is 23.2 Å². The second kappa shape index (κ2) is 7.76. The standard InChI is InChI=1S/C18H17Cl2N3O2/c1-3-24-16-8-12-15(9-17(16)25-4-2)21-10-22-18(12)23-11-5-6-13(19)14(20)7-11/h5-10H,3-4H2,1-2H3,(H,21,22,23). The van der Waals surface area contributed by atoms with Gasteiger partial charge in [0.2, 0.25) is 0 Å². The number of nitrogens with zero attached hydrogens (tertiary/aromatic N) is 2. The molecule has 0 aliphatic carbocycles. The Morgan fingerprint density at radius 2 is 1.64 bits per heavy atom. The summed E-state index contributed by atoms with van der Waals surface area (Å²) < 4.78 is 11.3. The van der Waals surface area contributed by atoms with Gasteiger partial charge in [0.25, 0.3) is 0 Å². The highest BCUT2D eigenvalue weighted by molar-refractivity contribution is 6.42. The van der Waals surface area contributed by atoms with E-state index in [1.165, 1.54) is 6.33 Å². The molecule has 0 amide bonds. The fourth-order valence-electron chi connectivity index (χ4n) is 2.41. The van der Waals surface area contributed by atoms with Crippen LogP contribution >= 0.6 is 23.2 Å². The van der Waals surface area contributed by atoms with Crippen molar-refractivity contribution in [3.63, 3.8) is 0 Å². The van der Waals surface area contributed by atoms with Crippen LogP contribution in [-0.2, 0) is 0 Å². The smallest absolute Gasteiger partial charge is 0.163 e. The molecule has 3 aromatic rings. The van der Waals surface area contributed by atoms with Gasteiger partial charge in [0.05, 0.1) is 28.8 Å². The zero-order valence-electron chi connectivity index (χ0n) is 13.8. The summed E-state index contributed by atoms with van der Waals surface area (Å²) in [5.41, 5.74) is 1.53. The maximum absolute atomic E-state index is 6.08. The van der Waals surface area contributed by atoms with Crippen LogP contribution in [0.3, 0.4) is 0 Å². The van der Waals surface area contributed by atoms with E-state index in [2.05, 4.69) is 15.3 Å². The molecule has 0 unspecified atom stereocenters. The Hall–Kier alpha value is -2.24. The van der Waals surface area contributed by atoms with Gasteiger partial charge in [-0.25, -0.2) is 9.97 Å². The number of hydrogen-bond donors (Lipinski definition) is 1. The van der Waals surface area contributed by atoms with E-state index in [0.717, 1.165) is 16.6 Å². The van der Waals surface area contributed by atoms with Gasteiger partial charge in [-0.2, -0.15) is 0 Å². The van der Waals surface area contributed by atoms with Crippen LogP contribution in [0.15, 0.2) is 36.7 Å². The van der Waals surface area contributed by atoms with Gasteiger partial charge < -0.3 is 14.8 Å². The normalized spacial score (nSPS) is 10.7. The predicted octanol–water partition coefficient (Wildman–Crippen LogP) is 5.48. The lowest BCUT2D eigenvalue weighted by molar-refractivity contribution is 0.288. The van der Waals surface area contributed by atoms with E-state index < -0.39 is 0 Å². The summed E-state index contributed by atoms with van der Waals surface area (Å²) in [5.74, 6) is 1.97. The van der Waals surface area contributed by atoms with Crippen molar-refractivity contribution in [3.8, 4) is 11.5 Å². The van der Waals surface area contributed by atoms with E-state index in [1.54, 1.807) is 12.1 Å². The number of fused-ring (bicyclic) bond motifs is 1. The Kier molecular flexibility index (Phi) is 5.46. The van der Waals surface area contributed by atoms with Crippen LogP contribution in [0, 0.1) is 0 Å². The number of nitrogens with one attached hydrogen (secondary N) is 1. The summed E-state index contributed by atoms with van der Waals surface area (Å²) in [4.78, 5) is 8.66. The zero-order chi connectivity index (χ0) is 17.8. The minimum Gasteiger partial charge on any atom is -0.490 e. The average molecular weight is 378 g/mol. The van der Waals surface area contributed by atoms with Crippen molar-refractivity contribution < 1.29 is 9.47 Å². The van der Waals surface area contributed by atoms with Crippen LogP contribution in [-0.4, -0.2) is 23.2 Å². The summed E-state index contributed by atoms with van der Waals surface area (Å²) >= 11 is 12.0. The molecule has 0 bridgehead atoms. The summed E-state index contributed by atoms with van der Waals surface area (Å²) in [7, 11) is 0. The number of hydrogen-bond acceptors (Lipinski definition) is 5. The fraction of sp³-hybridized carbons (Fsp3) is 0.222. The highest BCUT2D eigenvalue weighted by Gasteiger charge is 2.12. The van der Waals surface area contributed by atoms with Gasteiger partial charge in [0.15, 0.2) is 11.5 Å². The number of rotatable bonds is 6. The molecule has 5 nitrogen and oxygen atoms in total. The Morgan fingerprint density at radius 3 is 2.32 bits per heavy atom. The fourth-order valence-corrected chi connectivity index (χ4v) is 2.71. The Balaban J connectivity index is 2.05. The first kappa shape index (κ1) is 17.6. The van der Waals surface area contributed by atoms with Crippen LogP contribution in [0.5, 0.6) is 11.5 Å². The molecule has 0 saturated carbocycles. The van der Waals surface area contributed by atoms with E-state index in [4.69, 9.17) is 32.7 Å². The molecule has 0 atom stereocenters. The Morgan fingerprint density at radius 1 is 0.920 bits per heavy atom. The van der Waals surface area contributed by atoms with Gasteiger partial charge in [0, 0.05) is 17.1 Å². The molecular weight excluding hydrogens is 361 g/mol. The molecule has 25 heavy (non-hydrogen) atoms. The second-order valence-corrected chi connectivity index (χ2v) is 5.97. The molecule has 0 aliphatic rings. The summed E-state index contributed by atoms with van der Waals surface area (Å²) in [6, 6.07) is 9.04. The van der Waals surface area contributed by atoms with Crippen molar-refractivity contribution in [1.29, 1.82) is 0 Å². The summed E-state index contributed by atoms with van der Waals surface area (Å²) in [5, 5.41) is 5.04. The van der Waals surface area contributed by atoms with E-state index in [1.807, 2.05) is 32.0 Å². The Bertz CT molecular complexity index is 903. The van der Waals surface area contributed by atoms with E-state index in [-0.39, 0.29) is 0 Å². The first-order valence-electron chi connectivity index (χ1n) is 7.88. The van der Waals surface area contributed by atoms with E-state index in [0.29, 0.717) is 40.6 Å². The molecule has 1 aromatic heterocycles. The van der Waals surface area contributed by atoms with Crippen molar-refractivity contribution in [3.05, 3.63) is 46.7 Å². The number of benzene rings is 2. The molecule has 2 aromatic carbocycles. The maximum atomic E-state index is 6.08. The molecule has 7 heteroatoms. The van der Waals surface area contributed by atoms with Crippen molar-refractivity contribution in [2.75, 3.05) is 18.5 Å². The van der Waals surface area contributed by atoms with Crippen LogP contribution < -0.4 is 14.8 Å². The van der Waals surface area contributed by atoms with Crippen molar-refractivity contribution in [2.24, 2.45) is 0 Å². The largest absolute Gasteiger partial charge is 0.490 e. The molecule has 0 saturated heterocycles. The lowest BCUT2D eigenvalue weighted by Gasteiger charge is -2.14. The van der Waals surface area contributed by atoms with Gasteiger partial charge in [-0.05, 0) is 38.1 Å². The molecule has 130 valence electrons. The van der Waals surface area contributed by atoms with Crippen LogP contribution in [0.1, 0.15) is 13.8 Å². The highest BCUT2D eigenvalue weighted by atomic mass is 35.5. The van der Waals surface area contributed by atoms with Gasteiger partial charge in [-0.3, -0.25) is 0 Å². The predicted molar refractivity (Wildman–Crippen MR) is 102 cm³/mol. The maximum Gasteiger partial charge on any atom is 0.163 e. The minimum absolute atomic E-state index is 0.471. The highest BCUT2D eigenvalue weighted by Crippen LogP contribution is 2.35. The minimum atomic E-state index is 0.471. The molecule has 1 heterocycles. The monoisotopic (exact) mass is 377 g/mol. The van der Waals surface area contributed by atoms with Crippen LogP contribution in [0.25, 0.3) is 10.9 Å². The zero-order valence-corrected chi connectivity index (χ0v) is 15.4. The molecular formula is C18H17Cl2N3O2. The molecule has 1 N–H and O–H groups in total. The third-order valence-electron chi connectivity index (χ3n) is 3.48. The van der Waals surface area contributed by atoms with Gasteiger partial charge in [-0.15, -0.1) is 0 Å². The van der Waals surface area contributed by atoms with E-state index >= 15 is 0 Å². The lowest BCUT2D eigenvalue weighted by Crippen LogP contribution is -2.01. The van der Waals surface area contributed by atoms with E-state index in [9.17, 15) is 0 Å². The lowest BCUT2D eigenvalue weighted by atomic mass is 10.2. The van der Waals surface area contributed by atoms with Gasteiger partial charge in [0.1, 0.15) is 12.1 Å². The molecule has 0 aliphatic heterocycles. The number of anilines is 2. The van der Waals surface area contributed by atoms with Crippen molar-refractivity contribution >= 4 is 45.6 Å². The van der Waals surface area contributed by atoms with Crippen molar-refractivity contribution in [1.82, 2.24) is 9.97 Å².